The Morgan fingerprint density at radius 1 is 1.33 bits per heavy atom. The van der Waals surface area contributed by atoms with Gasteiger partial charge in [0.15, 0.2) is 0 Å². The zero-order valence-electron chi connectivity index (χ0n) is 5.49. The molecule has 0 unspecified atom stereocenters. The fraction of sp³-hybridized carbons (Fsp3) is 0.167. The van der Waals surface area contributed by atoms with E-state index in [1.54, 1.807) is 45.2 Å². The van der Waals surface area contributed by atoms with E-state index in [9.17, 15) is 13.2 Å². The highest BCUT2D eigenvalue weighted by Crippen LogP contribution is 2.25. The standard InChI is InChI=1S/C6H2F3I2N/c7-4(8)2-1-3(10)5(9)12-6(2)11/h1,4H. The molecular formula is C6H2F3I2N. The highest BCUT2D eigenvalue weighted by atomic mass is 127. The lowest BCUT2D eigenvalue weighted by atomic mass is 10.3. The second-order valence-electron chi connectivity index (χ2n) is 1.94. The summed E-state index contributed by atoms with van der Waals surface area (Å²) in [6, 6.07) is 1.11. The lowest BCUT2D eigenvalue weighted by Crippen LogP contribution is -1.98. The first kappa shape index (κ1) is 10.5. The molecule has 0 aromatic carbocycles. The average Bonchev–Trinajstić information content (AvgIpc) is 1.96. The second-order valence-corrected chi connectivity index (χ2v) is 4.13. The van der Waals surface area contributed by atoms with E-state index in [1.807, 2.05) is 0 Å². The van der Waals surface area contributed by atoms with Gasteiger partial charge in [-0.2, -0.15) is 4.39 Å². The highest BCUT2D eigenvalue weighted by Gasteiger charge is 2.15. The van der Waals surface area contributed by atoms with Crippen molar-refractivity contribution < 1.29 is 13.2 Å². The van der Waals surface area contributed by atoms with Gasteiger partial charge in [-0.3, -0.25) is 0 Å². The molecule has 1 heterocycles. The van der Waals surface area contributed by atoms with Crippen LogP contribution in [0.1, 0.15) is 12.0 Å². The lowest BCUT2D eigenvalue weighted by molar-refractivity contribution is 0.149. The summed E-state index contributed by atoms with van der Waals surface area (Å²) < 4.78 is 37.1. The van der Waals surface area contributed by atoms with Gasteiger partial charge in [-0.15, -0.1) is 0 Å². The van der Waals surface area contributed by atoms with Crippen molar-refractivity contribution >= 4 is 45.2 Å². The molecular weight excluding hydrogens is 397 g/mol. The molecule has 0 aliphatic rings. The number of alkyl halides is 2. The zero-order chi connectivity index (χ0) is 9.30. The molecule has 0 bridgehead atoms. The summed E-state index contributed by atoms with van der Waals surface area (Å²) in [4.78, 5) is 3.33. The van der Waals surface area contributed by atoms with Crippen LogP contribution in [0.15, 0.2) is 6.07 Å². The van der Waals surface area contributed by atoms with Gasteiger partial charge in [0.05, 0.1) is 9.13 Å². The summed E-state index contributed by atoms with van der Waals surface area (Å²) in [6.07, 6.45) is -2.60. The summed E-state index contributed by atoms with van der Waals surface area (Å²) in [5, 5.41) is 0. The maximum atomic E-state index is 12.7. The first-order valence-corrected chi connectivity index (χ1v) is 4.97. The van der Waals surface area contributed by atoms with E-state index in [1.165, 1.54) is 0 Å². The van der Waals surface area contributed by atoms with Crippen LogP contribution < -0.4 is 0 Å². The van der Waals surface area contributed by atoms with E-state index >= 15 is 0 Å². The van der Waals surface area contributed by atoms with Crippen LogP contribution in [0.3, 0.4) is 0 Å². The average molecular weight is 399 g/mol. The van der Waals surface area contributed by atoms with E-state index < -0.39 is 12.4 Å². The van der Waals surface area contributed by atoms with E-state index in [2.05, 4.69) is 4.98 Å². The molecule has 6 heteroatoms. The fourth-order valence-electron chi connectivity index (χ4n) is 0.613. The van der Waals surface area contributed by atoms with Crippen LogP contribution in [0.25, 0.3) is 0 Å². The Balaban J connectivity index is 3.23. The quantitative estimate of drug-likeness (QED) is 0.522. The fourth-order valence-corrected chi connectivity index (χ4v) is 1.67. The summed E-state index contributed by atoms with van der Waals surface area (Å²) in [6.45, 7) is 0. The third-order valence-electron chi connectivity index (χ3n) is 1.15. The maximum Gasteiger partial charge on any atom is 0.266 e. The molecule has 0 atom stereocenters. The summed E-state index contributed by atoms with van der Waals surface area (Å²) >= 11 is 3.21. The van der Waals surface area contributed by atoms with Crippen LogP contribution in [0.5, 0.6) is 0 Å². The van der Waals surface area contributed by atoms with Gasteiger partial charge in [-0.25, -0.2) is 13.8 Å². The summed E-state index contributed by atoms with van der Waals surface area (Å²) in [7, 11) is 0. The third-order valence-corrected chi connectivity index (χ3v) is 2.77. The Morgan fingerprint density at radius 3 is 2.42 bits per heavy atom. The molecule has 1 nitrogen and oxygen atoms in total. The summed E-state index contributed by atoms with van der Waals surface area (Å²) in [5.74, 6) is -0.704. The van der Waals surface area contributed by atoms with Crippen molar-refractivity contribution in [1.82, 2.24) is 4.98 Å². The van der Waals surface area contributed by atoms with Crippen LogP contribution in [0.2, 0.25) is 0 Å². The third kappa shape index (κ3) is 2.21. The predicted octanol–water partition coefficient (Wildman–Crippen LogP) is 3.37. The second kappa shape index (κ2) is 4.07. The number of rotatable bonds is 1. The normalized spacial score (nSPS) is 10.8. The molecule has 1 aromatic rings. The first-order valence-electron chi connectivity index (χ1n) is 2.82. The Hall–Kier alpha value is 0.400. The van der Waals surface area contributed by atoms with Crippen LogP contribution >= 0.6 is 45.2 Å². The molecule has 0 N–H and O–H groups in total. The number of pyridine rings is 1. The molecule has 12 heavy (non-hydrogen) atoms. The highest BCUT2D eigenvalue weighted by molar-refractivity contribution is 14.1. The number of halogens is 5. The molecule has 0 spiro atoms. The van der Waals surface area contributed by atoms with Gasteiger partial charge in [0.2, 0.25) is 5.95 Å². The van der Waals surface area contributed by atoms with Gasteiger partial charge in [0.1, 0.15) is 3.70 Å². The Labute approximate surface area is 94.0 Å². The molecule has 1 rings (SSSR count). The zero-order valence-corrected chi connectivity index (χ0v) is 9.81. The first-order chi connectivity index (χ1) is 5.52. The largest absolute Gasteiger partial charge is 0.266 e. The number of nitrogens with zero attached hydrogens (tertiary/aromatic N) is 1. The molecule has 66 valence electrons. The Bertz CT molecular complexity index is 303. The van der Waals surface area contributed by atoms with Gasteiger partial charge in [0, 0.05) is 0 Å². The van der Waals surface area contributed by atoms with E-state index in [0.717, 1.165) is 6.07 Å². The lowest BCUT2D eigenvalue weighted by Gasteiger charge is -2.02. The Morgan fingerprint density at radius 2 is 1.92 bits per heavy atom. The van der Waals surface area contributed by atoms with Crippen molar-refractivity contribution in [3.8, 4) is 0 Å². The van der Waals surface area contributed by atoms with Crippen LogP contribution in [-0.4, -0.2) is 4.98 Å². The molecule has 0 saturated carbocycles. The van der Waals surface area contributed by atoms with Gasteiger partial charge in [0.25, 0.3) is 6.43 Å². The SMILES string of the molecule is Fc1nc(I)c(C(F)F)cc1I. The van der Waals surface area contributed by atoms with Gasteiger partial charge in [-0.05, 0) is 51.2 Å². The molecule has 0 aliphatic heterocycles. The van der Waals surface area contributed by atoms with E-state index in [0.29, 0.717) is 0 Å². The van der Waals surface area contributed by atoms with Gasteiger partial charge >= 0.3 is 0 Å². The number of hydrogen-bond acceptors (Lipinski definition) is 1. The predicted molar refractivity (Wildman–Crippen MR) is 54.6 cm³/mol. The molecule has 0 radical (unpaired) electrons. The van der Waals surface area contributed by atoms with E-state index in [4.69, 9.17) is 0 Å². The topological polar surface area (TPSA) is 12.9 Å². The van der Waals surface area contributed by atoms with Crippen molar-refractivity contribution in [1.29, 1.82) is 0 Å². The smallest absolute Gasteiger partial charge is 0.212 e. The minimum Gasteiger partial charge on any atom is -0.212 e. The van der Waals surface area contributed by atoms with E-state index in [-0.39, 0.29) is 12.8 Å². The van der Waals surface area contributed by atoms with Crippen molar-refractivity contribution in [2.45, 2.75) is 6.43 Å². The summed E-state index contributed by atoms with van der Waals surface area (Å²) in [5.41, 5.74) is -0.221. The van der Waals surface area contributed by atoms with Gasteiger partial charge < -0.3 is 0 Å². The van der Waals surface area contributed by atoms with Crippen molar-refractivity contribution in [3.05, 3.63) is 24.8 Å². The van der Waals surface area contributed by atoms with Crippen molar-refractivity contribution in [3.63, 3.8) is 0 Å². The molecule has 0 saturated heterocycles. The molecule has 0 fully saturated rings. The molecule has 1 aromatic heterocycles. The van der Waals surface area contributed by atoms with Crippen LogP contribution in [0, 0.1) is 13.2 Å². The minimum atomic E-state index is -2.60. The maximum absolute atomic E-state index is 12.7. The van der Waals surface area contributed by atoms with Crippen LogP contribution in [-0.2, 0) is 0 Å². The van der Waals surface area contributed by atoms with Crippen molar-refractivity contribution in [2.75, 3.05) is 0 Å². The molecule has 0 amide bonds. The van der Waals surface area contributed by atoms with Gasteiger partial charge in [-0.1, -0.05) is 0 Å². The van der Waals surface area contributed by atoms with Crippen LogP contribution in [0.4, 0.5) is 13.2 Å². The minimum absolute atomic E-state index is 0.0144. The number of aromatic nitrogens is 1. The molecule has 0 aliphatic carbocycles. The number of hydrogen-bond donors (Lipinski definition) is 0. The Kier molecular flexibility index (Phi) is 3.56. The van der Waals surface area contributed by atoms with Crippen molar-refractivity contribution in [2.24, 2.45) is 0 Å². The monoisotopic (exact) mass is 399 g/mol.